The summed E-state index contributed by atoms with van der Waals surface area (Å²) >= 11 is 0. The summed E-state index contributed by atoms with van der Waals surface area (Å²) in [6.45, 7) is 1.68. The number of nitrogens with zero attached hydrogens (tertiary/aromatic N) is 1. The molecule has 1 aliphatic carbocycles. The molecule has 1 aliphatic heterocycles. The fourth-order valence-electron chi connectivity index (χ4n) is 3.74. The van der Waals surface area contributed by atoms with Gasteiger partial charge in [0.25, 0.3) is 0 Å². The molecule has 1 saturated carbocycles. The van der Waals surface area contributed by atoms with E-state index in [1.165, 1.54) is 0 Å². The number of hydrogen-bond donors (Lipinski definition) is 4. The smallest absolute Gasteiger partial charge is 0.109 e. The van der Waals surface area contributed by atoms with Crippen LogP contribution in [0.1, 0.15) is 25.7 Å². The molecule has 0 radical (unpaired) electrons. The number of methoxy groups -OCH3 is 1. The van der Waals surface area contributed by atoms with E-state index < -0.39 is 24.4 Å². The van der Waals surface area contributed by atoms with Gasteiger partial charge in [-0.2, -0.15) is 0 Å². The lowest BCUT2D eigenvalue weighted by Crippen LogP contribution is -2.63. The predicted molar refractivity (Wildman–Crippen MR) is 77.8 cm³/mol. The molecule has 4 atom stereocenters. The van der Waals surface area contributed by atoms with Crippen LogP contribution in [-0.2, 0) is 4.74 Å². The van der Waals surface area contributed by atoms with Crippen LogP contribution in [0.3, 0.4) is 0 Å². The van der Waals surface area contributed by atoms with E-state index in [2.05, 4.69) is 0 Å². The van der Waals surface area contributed by atoms with Gasteiger partial charge < -0.3 is 25.2 Å². The zero-order valence-corrected chi connectivity index (χ0v) is 12.8. The number of aliphatic hydroxyl groups is 4. The van der Waals surface area contributed by atoms with Crippen LogP contribution in [0.25, 0.3) is 0 Å². The molecule has 6 heteroatoms. The standard InChI is InChI=1S/C15H29NO5/c1-21-9-11-4-2-10(3-5-11)6-16-7-13(18)15(20)14(19)12(16)8-17/h10-15,17-20H,2-9H2,1H3/t10?,11?,12-,13+,14-,15-/m1/s1. The van der Waals surface area contributed by atoms with Gasteiger partial charge in [-0.05, 0) is 37.5 Å². The molecular weight excluding hydrogens is 274 g/mol. The van der Waals surface area contributed by atoms with Crippen LogP contribution in [0, 0.1) is 11.8 Å². The van der Waals surface area contributed by atoms with Gasteiger partial charge in [-0.25, -0.2) is 0 Å². The highest BCUT2D eigenvalue weighted by Crippen LogP contribution is 2.31. The Morgan fingerprint density at radius 2 is 1.62 bits per heavy atom. The Bertz CT molecular complexity index is 308. The van der Waals surface area contributed by atoms with Crippen LogP contribution in [-0.4, -0.2) is 83.1 Å². The van der Waals surface area contributed by atoms with E-state index >= 15 is 0 Å². The number of β-amino-alcohol motifs (C(OH)–C–C–N with tert-alkyl or cyclic N) is 1. The summed E-state index contributed by atoms with van der Waals surface area (Å²) in [4.78, 5) is 1.93. The zero-order valence-electron chi connectivity index (χ0n) is 12.8. The van der Waals surface area contributed by atoms with Gasteiger partial charge in [-0.3, -0.25) is 4.90 Å². The topological polar surface area (TPSA) is 93.4 Å². The lowest BCUT2D eigenvalue weighted by molar-refractivity contribution is -0.148. The Morgan fingerprint density at radius 3 is 2.19 bits per heavy atom. The summed E-state index contributed by atoms with van der Waals surface area (Å²) in [6.07, 6.45) is 1.29. The monoisotopic (exact) mass is 303 g/mol. The molecule has 0 spiro atoms. The Balaban J connectivity index is 1.86. The van der Waals surface area contributed by atoms with Gasteiger partial charge >= 0.3 is 0 Å². The van der Waals surface area contributed by atoms with Crippen molar-refractivity contribution in [2.45, 2.75) is 50.0 Å². The van der Waals surface area contributed by atoms with Gasteiger partial charge in [0.1, 0.15) is 12.2 Å². The Kier molecular flexibility index (Phi) is 6.40. The maximum absolute atomic E-state index is 9.99. The molecular formula is C15H29NO5. The minimum Gasteiger partial charge on any atom is -0.395 e. The molecule has 0 amide bonds. The summed E-state index contributed by atoms with van der Waals surface area (Å²) in [5.74, 6) is 1.15. The van der Waals surface area contributed by atoms with Crippen molar-refractivity contribution in [3.63, 3.8) is 0 Å². The van der Waals surface area contributed by atoms with Crippen molar-refractivity contribution < 1.29 is 25.2 Å². The number of ether oxygens (including phenoxy) is 1. The number of rotatable bonds is 5. The third-order valence-electron chi connectivity index (χ3n) is 5.08. The van der Waals surface area contributed by atoms with Gasteiger partial charge in [0.15, 0.2) is 0 Å². The van der Waals surface area contributed by atoms with Gasteiger partial charge in [-0.1, -0.05) is 0 Å². The fraction of sp³-hybridized carbons (Fsp3) is 1.00. The first-order chi connectivity index (χ1) is 10.1. The maximum Gasteiger partial charge on any atom is 0.109 e. The Morgan fingerprint density at radius 1 is 1.00 bits per heavy atom. The van der Waals surface area contributed by atoms with E-state index in [-0.39, 0.29) is 6.61 Å². The van der Waals surface area contributed by atoms with Crippen LogP contribution < -0.4 is 0 Å². The molecule has 124 valence electrons. The molecule has 4 N–H and O–H groups in total. The van der Waals surface area contributed by atoms with Crippen LogP contribution >= 0.6 is 0 Å². The Hall–Kier alpha value is -0.240. The molecule has 21 heavy (non-hydrogen) atoms. The van der Waals surface area contributed by atoms with Crippen molar-refractivity contribution in [3.8, 4) is 0 Å². The van der Waals surface area contributed by atoms with Crippen molar-refractivity contribution in [1.29, 1.82) is 0 Å². The molecule has 0 aromatic heterocycles. The normalized spacial score (nSPS) is 42.1. The number of hydrogen-bond acceptors (Lipinski definition) is 6. The molecule has 1 heterocycles. The van der Waals surface area contributed by atoms with Crippen LogP contribution in [0.4, 0.5) is 0 Å². The molecule has 6 nitrogen and oxygen atoms in total. The minimum absolute atomic E-state index is 0.204. The Labute approximate surface area is 126 Å². The number of piperidine rings is 1. The van der Waals surface area contributed by atoms with Gasteiger partial charge in [0.2, 0.25) is 0 Å². The van der Waals surface area contributed by atoms with Crippen molar-refractivity contribution in [2.75, 3.05) is 33.4 Å². The molecule has 2 aliphatic rings. The quantitative estimate of drug-likeness (QED) is 0.531. The van der Waals surface area contributed by atoms with Crippen molar-refractivity contribution in [1.82, 2.24) is 4.90 Å². The van der Waals surface area contributed by atoms with Crippen LogP contribution in [0.15, 0.2) is 0 Å². The highest BCUT2D eigenvalue weighted by molar-refractivity contribution is 4.95. The average Bonchev–Trinajstić information content (AvgIpc) is 2.48. The molecule has 0 aromatic carbocycles. The average molecular weight is 303 g/mol. The summed E-state index contributed by atoms with van der Waals surface area (Å²) in [5.41, 5.74) is 0. The summed E-state index contributed by atoms with van der Waals surface area (Å²) < 4.78 is 5.20. The molecule has 0 bridgehead atoms. The zero-order chi connectivity index (χ0) is 15.4. The van der Waals surface area contributed by atoms with Gasteiger partial charge in [-0.15, -0.1) is 0 Å². The lowest BCUT2D eigenvalue weighted by atomic mass is 9.81. The molecule has 1 saturated heterocycles. The molecule has 2 rings (SSSR count). The second kappa shape index (κ2) is 7.85. The van der Waals surface area contributed by atoms with Crippen molar-refractivity contribution in [2.24, 2.45) is 11.8 Å². The number of likely N-dealkylation sites (tertiary alicyclic amines) is 1. The van der Waals surface area contributed by atoms with E-state index in [1.54, 1.807) is 7.11 Å². The number of aliphatic hydroxyl groups excluding tert-OH is 4. The second-order valence-electron chi connectivity index (χ2n) is 6.59. The van der Waals surface area contributed by atoms with Crippen LogP contribution in [0.2, 0.25) is 0 Å². The third kappa shape index (κ3) is 4.15. The first kappa shape index (κ1) is 17.1. The van der Waals surface area contributed by atoms with E-state index in [9.17, 15) is 20.4 Å². The molecule has 2 fully saturated rings. The maximum atomic E-state index is 9.99. The van der Waals surface area contributed by atoms with E-state index in [4.69, 9.17) is 4.74 Å². The first-order valence-electron chi connectivity index (χ1n) is 7.94. The van der Waals surface area contributed by atoms with Gasteiger partial charge in [0, 0.05) is 26.8 Å². The van der Waals surface area contributed by atoms with Gasteiger partial charge in [0.05, 0.1) is 18.8 Å². The summed E-state index contributed by atoms with van der Waals surface area (Å²) in [6, 6.07) is -0.486. The third-order valence-corrected chi connectivity index (χ3v) is 5.08. The highest BCUT2D eigenvalue weighted by Gasteiger charge is 2.41. The SMILES string of the molecule is COCC1CCC(CN2C[C@H](O)[C@@H](O)[C@H](O)[C@H]2CO)CC1. The fourth-order valence-corrected chi connectivity index (χ4v) is 3.74. The molecule has 0 aromatic rings. The minimum atomic E-state index is -1.17. The first-order valence-corrected chi connectivity index (χ1v) is 7.94. The highest BCUT2D eigenvalue weighted by atomic mass is 16.5. The summed E-state index contributed by atoms with van der Waals surface area (Å²) in [7, 11) is 1.74. The van der Waals surface area contributed by atoms with E-state index in [1.807, 2.05) is 4.90 Å². The molecule has 0 unspecified atom stereocenters. The van der Waals surface area contributed by atoms with Crippen LogP contribution in [0.5, 0.6) is 0 Å². The summed E-state index contributed by atoms with van der Waals surface area (Å²) in [5, 5.41) is 39.0. The lowest BCUT2D eigenvalue weighted by Gasteiger charge is -2.45. The van der Waals surface area contributed by atoms with Crippen molar-refractivity contribution >= 4 is 0 Å². The van der Waals surface area contributed by atoms with E-state index in [0.29, 0.717) is 18.4 Å². The predicted octanol–water partition coefficient (Wildman–Crippen LogP) is -0.802. The second-order valence-corrected chi connectivity index (χ2v) is 6.59. The van der Waals surface area contributed by atoms with E-state index in [0.717, 1.165) is 38.8 Å². The van der Waals surface area contributed by atoms with Crippen molar-refractivity contribution in [3.05, 3.63) is 0 Å². The largest absolute Gasteiger partial charge is 0.395 e.